The summed E-state index contributed by atoms with van der Waals surface area (Å²) in [6.07, 6.45) is -1.46. The maximum absolute atomic E-state index is 10.5. The van der Waals surface area contributed by atoms with E-state index in [2.05, 4.69) is 31.9 Å². The van der Waals surface area contributed by atoms with Crippen molar-refractivity contribution in [3.8, 4) is 0 Å². The van der Waals surface area contributed by atoms with E-state index in [1.165, 1.54) is 0 Å². The predicted octanol–water partition coefficient (Wildman–Crippen LogP) is 2.46. The number of alkyl halides is 1. The Morgan fingerprint density at radius 1 is 1.50 bits per heavy atom. The molecule has 0 aliphatic rings. The van der Waals surface area contributed by atoms with Gasteiger partial charge in [0.1, 0.15) is 0 Å². The standard InChI is InChI=1S/C9H8Br2O3/c10-4-6-3-5(1-2-7(6)11)8(12)9(13)14/h1-3,8,12H,4H2,(H,13,14). The number of rotatable bonds is 3. The number of aliphatic carboxylic acids is 1. The van der Waals surface area contributed by atoms with Gasteiger partial charge in [0, 0.05) is 9.80 Å². The number of aliphatic hydroxyl groups is 1. The van der Waals surface area contributed by atoms with Crippen molar-refractivity contribution in [2.24, 2.45) is 0 Å². The first-order valence-electron chi connectivity index (χ1n) is 3.81. The van der Waals surface area contributed by atoms with Crippen LogP contribution in [0.4, 0.5) is 0 Å². The summed E-state index contributed by atoms with van der Waals surface area (Å²) < 4.78 is 0.885. The van der Waals surface area contributed by atoms with Crippen LogP contribution in [0.3, 0.4) is 0 Å². The molecule has 1 unspecified atom stereocenters. The Morgan fingerprint density at radius 3 is 2.64 bits per heavy atom. The van der Waals surface area contributed by atoms with E-state index >= 15 is 0 Å². The first-order chi connectivity index (χ1) is 6.56. The zero-order valence-electron chi connectivity index (χ0n) is 7.08. The van der Waals surface area contributed by atoms with E-state index in [1.54, 1.807) is 18.2 Å². The Hall–Kier alpha value is -0.390. The highest BCUT2D eigenvalue weighted by Gasteiger charge is 2.16. The monoisotopic (exact) mass is 322 g/mol. The third-order valence-electron chi connectivity index (χ3n) is 1.76. The van der Waals surface area contributed by atoms with Crippen molar-refractivity contribution in [3.05, 3.63) is 33.8 Å². The number of halogens is 2. The van der Waals surface area contributed by atoms with E-state index in [0.717, 1.165) is 10.0 Å². The van der Waals surface area contributed by atoms with Crippen molar-refractivity contribution in [3.63, 3.8) is 0 Å². The fourth-order valence-electron chi connectivity index (χ4n) is 1.01. The van der Waals surface area contributed by atoms with Gasteiger partial charge in [-0.2, -0.15) is 0 Å². The number of hydrogen-bond acceptors (Lipinski definition) is 2. The summed E-state index contributed by atoms with van der Waals surface area (Å²) in [5, 5.41) is 18.5. The summed E-state index contributed by atoms with van der Waals surface area (Å²) in [5.41, 5.74) is 1.29. The molecule has 3 nitrogen and oxygen atoms in total. The second kappa shape index (κ2) is 4.91. The number of carbonyl (C=O) groups is 1. The number of benzene rings is 1. The molecule has 0 aliphatic carbocycles. The van der Waals surface area contributed by atoms with Crippen molar-refractivity contribution in [1.29, 1.82) is 0 Å². The van der Waals surface area contributed by atoms with Gasteiger partial charge in [-0.25, -0.2) is 4.79 Å². The largest absolute Gasteiger partial charge is 0.479 e. The third-order valence-corrected chi connectivity index (χ3v) is 3.14. The lowest BCUT2D eigenvalue weighted by atomic mass is 10.1. The number of aliphatic hydroxyl groups excluding tert-OH is 1. The molecule has 0 amide bonds. The Bertz CT molecular complexity index is 352. The Morgan fingerprint density at radius 2 is 2.14 bits per heavy atom. The van der Waals surface area contributed by atoms with Gasteiger partial charge in [-0.15, -0.1) is 0 Å². The van der Waals surface area contributed by atoms with Crippen molar-refractivity contribution < 1.29 is 15.0 Å². The molecule has 1 atom stereocenters. The SMILES string of the molecule is O=C(O)C(O)c1ccc(Br)c(CBr)c1. The summed E-state index contributed by atoms with van der Waals surface area (Å²) in [4.78, 5) is 10.5. The Kier molecular flexibility index (Phi) is 4.10. The van der Waals surface area contributed by atoms with Gasteiger partial charge >= 0.3 is 5.97 Å². The van der Waals surface area contributed by atoms with Crippen LogP contribution in [0.15, 0.2) is 22.7 Å². The minimum absolute atomic E-state index is 0.384. The molecule has 0 spiro atoms. The lowest BCUT2D eigenvalue weighted by Crippen LogP contribution is -2.10. The highest BCUT2D eigenvalue weighted by molar-refractivity contribution is 9.10. The predicted molar refractivity (Wildman–Crippen MR) is 59.4 cm³/mol. The molecular formula is C9H8Br2O3. The van der Waals surface area contributed by atoms with Crippen molar-refractivity contribution in [1.82, 2.24) is 0 Å². The summed E-state index contributed by atoms with van der Waals surface area (Å²) in [7, 11) is 0. The Labute approximate surface area is 98.0 Å². The molecule has 5 heteroatoms. The molecule has 1 aromatic rings. The second-order valence-corrected chi connectivity index (χ2v) is 4.14. The quantitative estimate of drug-likeness (QED) is 0.840. The Balaban J connectivity index is 3.06. The zero-order valence-corrected chi connectivity index (χ0v) is 10.2. The lowest BCUT2D eigenvalue weighted by Gasteiger charge is -2.08. The summed E-state index contributed by atoms with van der Waals surface area (Å²) in [6, 6.07) is 4.95. The average Bonchev–Trinajstić information content (AvgIpc) is 2.17. The van der Waals surface area contributed by atoms with Gasteiger partial charge < -0.3 is 10.2 Å². The molecule has 1 aromatic carbocycles. The van der Waals surface area contributed by atoms with Crippen LogP contribution in [0.1, 0.15) is 17.2 Å². The normalized spacial score (nSPS) is 12.5. The van der Waals surface area contributed by atoms with Gasteiger partial charge in [-0.05, 0) is 17.2 Å². The van der Waals surface area contributed by atoms with E-state index in [0.29, 0.717) is 10.9 Å². The van der Waals surface area contributed by atoms with Crippen LogP contribution < -0.4 is 0 Å². The maximum Gasteiger partial charge on any atom is 0.337 e. The third kappa shape index (κ3) is 2.56. The van der Waals surface area contributed by atoms with Gasteiger partial charge in [0.05, 0.1) is 0 Å². The van der Waals surface area contributed by atoms with Crippen LogP contribution in [-0.2, 0) is 10.1 Å². The molecule has 2 N–H and O–H groups in total. The van der Waals surface area contributed by atoms with Crippen LogP contribution in [0.5, 0.6) is 0 Å². The van der Waals surface area contributed by atoms with E-state index in [9.17, 15) is 9.90 Å². The molecule has 0 fully saturated rings. The van der Waals surface area contributed by atoms with E-state index in [1.807, 2.05) is 0 Å². The molecule has 0 aromatic heterocycles. The van der Waals surface area contributed by atoms with Crippen molar-refractivity contribution in [2.45, 2.75) is 11.4 Å². The van der Waals surface area contributed by atoms with Gasteiger partial charge in [0.15, 0.2) is 6.10 Å². The molecule has 0 heterocycles. The number of carboxylic acids is 1. The molecule has 1 rings (SSSR count). The smallest absolute Gasteiger partial charge is 0.337 e. The van der Waals surface area contributed by atoms with Crippen LogP contribution >= 0.6 is 31.9 Å². The highest BCUT2D eigenvalue weighted by atomic mass is 79.9. The first-order valence-corrected chi connectivity index (χ1v) is 5.73. The zero-order chi connectivity index (χ0) is 10.7. The van der Waals surface area contributed by atoms with Crippen LogP contribution in [0, 0.1) is 0 Å². The molecular weight excluding hydrogens is 316 g/mol. The van der Waals surface area contributed by atoms with E-state index in [-0.39, 0.29) is 0 Å². The van der Waals surface area contributed by atoms with Gasteiger partial charge in [0.25, 0.3) is 0 Å². The maximum atomic E-state index is 10.5. The topological polar surface area (TPSA) is 57.5 Å². The van der Waals surface area contributed by atoms with Crippen molar-refractivity contribution >= 4 is 37.8 Å². The highest BCUT2D eigenvalue weighted by Crippen LogP contribution is 2.23. The molecule has 0 aliphatic heterocycles. The molecule has 0 radical (unpaired) electrons. The van der Waals surface area contributed by atoms with Gasteiger partial charge in [-0.3, -0.25) is 0 Å². The fourth-order valence-corrected chi connectivity index (χ4v) is 2.24. The summed E-state index contributed by atoms with van der Waals surface area (Å²) in [6.45, 7) is 0. The van der Waals surface area contributed by atoms with Crippen LogP contribution in [0.25, 0.3) is 0 Å². The van der Waals surface area contributed by atoms with Crippen molar-refractivity contribution in [2.75, 3.05) is 0 Å². The molecule has 0 saturated heterocycles. The van der Waals surface area contributed by atoms with Crippen LogP contribution in [-0.4, -0.2) is 16.2 Å². The average molecular weight is 324 g/mol. The summed E-state index contributed by atoms with van der Waals surface area (Å²) in [5.74, 6) is -1.24. The van der Waals surface area contributed by atoms with Gasteiger partial charge in [-0.1, -0.05) is 44.0 Å². The minimum Gasteiger partial charge on any atom is -0.479 e. The first kappa shape index (κ1) is 11.7. The fraction of sp³-hybridized carbons (Fsp3) is 0.222. The minimum atomic E-state index is -1.46. The molecule has 76 valence electrons. The van der Waals surface area contributed by atoms with E-state index < -0.39 is 12.1 Å². The number of carboxylic acid groups (broad SMARTS) is 1. The second-order valence-electron chi connectivity index (χ2n) is 2.73. The molecule has 0 saturated carbocycles. The summed E-state index contributed by atoms with van der Waals surface area (Å²) >= 11 is 6.59. The lowest BCUT2D eigenvalue weighted by molar-refractivity contribution is -0.146. The van der Waals surface area contributed by atoms with Gasteiger partial charge in [0.2, 0.25) is 0 Å². The van der Waals surface area contributed by atoms with Crippen LogP contribution in [0.2, 0.25) is 0 Å². The number of hydrogen-bond donors (Lipinski definition) is 2. The molecule has 14 heavy (non-hydrogen) atoms. The van der Waals surface area contributed by atoms with E-state index in [4.69, 9.17) is 5.11 Å². The molecule has 0 bridgehead atoms.